The second-order valence-corrected chi connectivity index (χ2v) is 8.05. The van der Waals surface area contributed by atoms with Gasteiger partial charge in [0.2, 0.25) is 5.91 Å². The zero-order valence-corrected chi connectivity index (χ0v) is 17.2. The van der Waals surface area contributed by atoms with Gasteiger partial charge in [0.25, 0.3) is 5.56 Å². The van der Waals surface area contributed by atoms with Crippen molar-refractivity contribution in [2.75, 3.05) is 5.32 Å². The third kappa shape index (κ3) is 3.69. The molecule has 2 aromatic heterocycles. The predicted molar refractivity (Wildman–Crippen MR) is 116 cm³/mol. The highest BCUT2D eigenvalue weighted by Crippen LogP contribution is 2.30. The Morgan fingerprint density at radius 3 is 2.62 bits per heavy atom. The average molecular weight is 404 g/mol. The van der Waals surface area contributed by atoms with Gasteiger partial charge in [0.05, 0.1) is 5.39 Å². The summed E-state index contributed by atoms with van der Waals surface area (Å²) in [6.45, 7) is 5.53. The minimum atomic E-state index is -0.792. The van der Waals surface area contributed by atoms with Crippen molar-refractivity contribution < 1.29 is 4.79 Å². The molecule has 1 atom stereocenters. The van der Waals surface area contributed by atoms with Crippen molar-refractivity contribution in [1.29, 1.82) is 0 Å². The summed E-state index contributed by atoms with van der Waals surface area (Å²) in [7, 11) is 0. The van der Waals surface area contributed by atoms with Crippen LogP contribution in [0.1, 0.15) is 24.1 Å². The summed E-state index contributed by atoms with van der Waals surface area (Å²) in [5.41, 5.74) is 3.42. The molecule has 4 aromatic rings. The number of fused-ring (bicyclic) bond motifs is 1. The molecule has 0 saturated carbocycles. The number of nitrogens with zero attached hydrogens (tertiary/aromatic N) is 3. The van der Waals surface area contributed by atoms with Crippen LogP contribution in [0.4, 0.5) is 5.69 Å². The van der Waals surface area contributed by atoms with Crippen molar-refractivity contribution in [3.63, 3.8) is 0 Å². The molecule has 1 N–H and O–H groups in total. The fourth-order valence-electron chi connectivity index (χ4n) is 3.08. The summed E-state index contributed by atoms with van der Waals surface area (Å²) in [4.78, 5) is 27.2. The van der Waals surface area contributed by atoms with Gasteiger partial charge in [-0.3, -0.25) is 9.59 Å². The van der Waals surface area contributed by atoms with Gasteiger partial charge in [-0.2, -0.15) is 4.68 Å². The van der Waals surface area contributed by atoms with Crippen LogP contribution in [-0.2, 0) is 4.79 Å². The van der Waals surface area contributed by atoms with Gasteiger partial charge in [0, 0.05) is 10.6 Å². The molecule has 0 bridgehead atoms. The summed E-state index contributed by atoms with van der Waals surface area (Å²) in [6, 6.07) is 16.7. The highest BCUT2D eigenvalue weighted by atomic mass is 32.1. The van der Waals surface area contributed by atoms with Gasteiger partial charge in [-0.15, -0.1) is 16.4 Å². The van der Waals surface area contributed by atoms with Gasteiger partial charge in [-0.05, 0) is 49.6 Å². The van der Waals surface area contributed by atoms with Gasteiger partial charge in [0.1, 0.15) is 6.04 Å². The van der Waals surface area contributed by atoms with Gasteiger partial charge in [0.15, 0.2) is 4.83 Å². The lowest BCUT2D eigenvalue weighted by molar-refractivity contribution is -0.119. The zero-order valence-electron chi connectivity index (χ0n) is 16.3. The number of benzene rings is 2. The number of anilines is 1. The quantitative estimate of drug-likeness (QED) is 0.549. The molecule has 0 aliphatic carbocycles. The van der Waals surface area contributed by atoms with Crippen LogP contribution < -0.4 is 10.9 Å². The molecule has 0 unspecified atom stereocenters. The number of amides is 1. The van der Waals surface area contributed by atoms with E-state index in [4.69, 9.17) is 0 Å². The number of nitrogens with one attached hydrogen (secondary N) is 1. The van der Waals surface area contributed by atoms with Crippen molar-refractivity contribution in [1.82, 2.24) is 15.0 Å². The Hall–Kier alpha value is -3.32. The smallest absolute Gasteiger partial charge is 0.279 e. The molecule has 1 amide bonds. The number of aryl methyl sites for hydroxylation is 2. The molecule has 2 heterocycles. The fourth-order valence-corrected chi connectivity index (χ4v) is 4.05. The highest BCUT2D eigenvalue weighted by Gasteiger charge is 2.21. The SMILES string of the molecule is Cc1ccc(C)c(NC(=O)[C@@H](C)n2nnc3sc(-c4ccccc4)cc3c2=O)c1. The van der Waals surface area contributed by atoms with Crippen LogP contribution in [0.25, 0.3) is 20.7 Å². The lowest BCUT2D eigenvalue weighted by Crippen LogP contribution is -2.34. The number of carbonyl (C=O) groups excluding carboxylic acids is 1. The summed E-state index contributed by atoms with van der Waals surface area (Å²) in [6.07, 6.45) is 0. The number of hydrogen-bond acceptors (Lipinski definition) is 5. The zero-order chi connectivity index (χ0) is 20.5. The normalized spacial score (nSPS) is 12.1. The highest BCUT2D eigenvalue weighted by molar-refractivity contribution is 7.21. The number of thiophene rings is 1. The Balaban J connectivity index is 1.66. The molecule has 146 valence electrons. The largest absolute Gasteiger partial charge is 0.324 e. The number of hydrogen-bond donors (Lipinski definition) is 1. The van der Waals surface area contributed by atoms with Crippen molar-refractivity contribution in [3.8, 4) is 10.4 Å². The molecule has 0 radical (unpaired) electrons. The standard InChI is InChI=1S/C22H20N4O2S/c1-13-9-10-14(2)18(11-13)23-20(27)15(3)26-22(28)17-12-19(29-21(17)24-25-26)16-7-5-4-6-8-16/h4-12,15H,1-3H3,(H,23,27)/t15-/m1/s1. The predicted octanol–water partition coefficient (Wildman–Crippen LogP) is 4.34. The maximum absolute atomic E-state index is 13.0. The van der Waals surface area contributed by atoms with E-state index in [-0.39, 0.29) is 11.5 Å². The fraction of sp³-hybridized carbons (Fsp3) is 0.182. The summed E-state index contributed by atoms with van der Waals surface area (Å²) in [5.74, 6) is -0.312. The molecule has 6 nitrogen and oxygen atoms in total. The molecule has 29 heavy (non-hydrogen) atoms. The lowest BCUT2D eigenvalue weighted by atomic mass is 10.1. The third-order valence-electron chi connectivity index (χ3n) is 4.84. The maximum atomic E-state index is 13.0. The molecule has 4 rings (SSSR count). The molecule has 0 aliphatic heterocycles. The van der Waals surface area contributed by atoms with E-state index in [1.807, 2.05) is 68.4 Å². The minimum absolute atomic E-state index is 0.312. The van der Waals surface area contributed by atoms with Crippen molar-refractivity contribution >= 4 is 33.1 Å². The minimum Gasteiger partial charge on any atom is -0.324 e. The second-order valence-electron chi connectivity index (χ2n) is 7.02. The van der Waals surface area contributed by atoms with E-state index in [0.717, 1.165) is 31.9 Å². The van der Waals surface area contributed by atoms with Crippen LogP contribution >= 0.6 is 11.3 Å². The van der Waals surface area contributed by atoms with E-state index < -0.39 is 6.04 Å². The number of aromatic nitrogens is 3. The molecule has 0 aliphatic rings. The Kier molecular flexibility index (Phi) is 4.98. The van der Waals surface area contributed by atoms with E-state index >= 15 is 0 Å². The van der Waals surface area contributed by atoms with Crippen LogP contribution in [0, 0.1) is 13.8 Å². The first-order valence-electron chi connectivity index (χ1n) is 9.26. The van der Waals surface area contributed by atoms with E-state index in [1.165, 1.54) is 11.3 Å². The van der Waals surface area contributed by atoms with Gasteiger partial charge in [-0.1, -0.05) is 47.7 Å². The molecule has 0 spiro atoms. The van der Waals surface area contributed by atoms with Crippen LogP contribution in [0.2, 0.25) is 0 Å². The lowest BCUT2D eigenvalue weighted by Gasteiger charge is -2.15. The Morgan fingerprint density at radius 2 is 1.86 bits per heavy atom. The van der Waals surface area contributed by atoms with E-state index in [9.17, 15) is 9.59 Å². The number of carbonyl (C=O) groups is 1. The topological polar surface area (TPSA) is 76.9 Å². The van der Waals surface area contributed by atoms with E-state index in [1.54, 1.807) is 6.92 Å². The Bertz CT molecular complexity index is 1260. The average Bonchev–Trinajstić information content (AvgIpc) is 3.16. The monoisotopic (exact) mass is 404 g/mol. The molecule has 0 fully saturated rings. The summed E-state index contributed by atoms with van der Waals surface area (Å²) in [5, 5.41) is 11.6. The molecule has 2 aromatic carbocycles. The van der Waals surface area contributed by atoms with Gasteiger partial charge >= 0.3 is 0 Å². The van der Waals surface area contributed by atoms with Crippen molar-refractivity contribution in [3.05, 3.63) is 76.1 Å². The first kappa shape index (κ1) is 19.0. The third-order valence-corrected chi connectivity index (χ3v) is 5.91. The van der Waals surface area contributed by atoms with Gasteiger partial charge < -0.3 is 5.32 Å². The van der Waals surface area contributed by atoms with Crippen molar-refractivity contribution in [2.45, 2.75) is 26.8 Å². The van der Waals surface area contributed by atoms with Crippen LogP contribution in [0.15, 0.2) is 59.4 Å². The number of rotatable bonds is 4. The Labute approximate surface area is 171 Å². The van der Waals surface area contributed by atoms with E-state index in [0.29, 0.717) is 10.2 Å². The summed E-state index contributed by atoms with van der Waals surface area (Å²) < 4.78 is 1.14. The second kappa shape index (κ2) is 7.60. The van der Waals surface area contributed by atoms with Crippen LogP contribution in [-0.4, -0.2) is 20.9 Å². The Morgan fingerprint density at radius 1 is 1.10 bits per heavy atom. The molecule has 7 heteroatoms. The summed E-state index contributed by atoms with van der Waals surface area (Å²) >= 11 is 1.41. The van der Waals surface area contributed by atoms with E-state index in [2.05, 4.69) is 15.6 Å². The van der Waals surface area contributed by atoms with Crippen LogP contribution in [0.5, 0.6) is 0 Å². The maximum Gasteiger partial charge on any atom is 0.279 e. The van der Waals surface area contributed by atoms with Gasteiger partial charge in [-0.25, -0.2) is 0 Å². The van der Waals surface area contributed by atoms with Crippen LogP contribution in [0.3, 0.4) is 0 Å². The molecular formula is C22H20N4O2S. The molecule has 0 saturated heterocycles. The van der Waals surface area contributed by atoms with Crippen molar-refractivity contribution in [2.24, 2.45) is 0 Å². The first-order valence-corrected chi connectivity index (χ1v) is 10.1. The first-order chi connectivity index (χ1) is 13.9. The molecular weight excluding hydrogens is 384 g/mol.